The second kappa shape index (κ2) is 11.0. The Morgan fingerprint density at radius 3 is 2.61 bits per heavy atom. The Kier molecular flexibility index (Phi) is 8.13. The summed E-state index contributed by atoms with van der Waals surface area (Å²) in [7, 11) is -3.86. The van der Waals surface area contributed by atoms with E-state index in [1.807, 2.05) is 30.3 Å². The Bertz CT molecular complexity index is 968. The van der Waals surface area contributed by atoms with Crippen LogP contribution < -0.4 is 10.0 Å². The van der Waals surface area contributed by atoms with Crippen LogP contribution in [-0.2, 0) is 19.6 Å². The van der Waals surface area contributed by atoms with Crippen molar-refractivity contribution in [2.24, 2.45) is 0 Å². The number of carbonyl (C=O) groups is 2. The summed E-state index contributed by atoms with van der Waals surface area (Å²) in [6, 6.07) is 11.9. The van der Waals surface area contributed by atoms with E-state index in [0.717, 1.165) is 31.2 Å². The lowest BCUT2D eigenvalue weighted by molar-refractivity contribution is -0.134. The number of aromatic nitrogens is 1. The van der Waals surface area contributed by atoms with Gasteiger partial charge < -0.3 is 10.2 Å². The van der Waals surface area contributed by atoms with Crippen LogP contribution in [0.5, 0.6) is 0 Å². The van der Waals surface area contributed by atoms with E-state index >= 15 is 0 Å². The molecule has 1 unspecified atom stereocenters. The highest BCUT2D eigenvalue weighted by Gasteiger charge is 2.28. The van der Waals surface area contributed by atoms with E-state index < -0.39 is 16.1 Å². The summed E-state index contributed by atoms with van der Waals surface area (Å²) in [5.74, 6) is -0.488. The quantitative estimate of drug-likeness (QED) is 0.733. The molecule has 2 amide bonds. The Morgan fingerprint density at radius 2 is 1.87 bits per heavy atom. The molecule has 166 valence electrons. The van der Waals surface area contributed by atoms with E-state index in [1.54, 1.807) is 4.90 Å². The first-order chi connectivity index (χ1) is 15.0. The molecule has 1 aliphatic heterocycles. The van der Waals surface area contributed by atoms with Gasteiger partial charge in [0.05, 0.1) is 19.0 Å². The first kappa shape index (κ1) is 22.9. The van der Waals surface area contributed by atoms with Crippen LogP contribution in [0.15, 0.2) is 59.8 Å². The van der Waals surface area contributed by atoms with Gasteiger partial charge in [0.2, 0.25) is 21.8 Å². The minimum absolute atomic E-state index is 0.000714. The van der Waals surface area contributed by atoms with Gasteiger partial charge in [-0.15, -0.1) is 0 Å². The lowest BCUT2D eigenvalue weighted by Crippen LogP contribution is -2.44. The monoisotopic (exact) mass is 444 g/mol. The molecule has 2 N–H and O–H groups in total. The zero-order valence-electron chi connectivity index (χ0n) is 17.4. The predicted molar refractivity (Wildman–Crippen MR) is 116 cm³/mol. The smallest absolute Gasteiger partial charge is 0.242 e. The van der Waals surface area contributed by atoms with Crippen molar-refractivity contribution in [3.8, 4) is 0 Å². The summed E-state index contributed by atoms with van der Waals surface area (Å²) >= 11 is 0. The second-order valence-electron chi connectivity index (χ2n) is 7.50. The Labute approximate surface area is 183 Å². The SMILES string of the molecule is O=C1CC(c2ccccc2)N(C(=O)CNS(=O)(=O)c2cccnc2)CCCCCCN1. The number of amides is 2. The maximum absolute atomic E-state index is 13.2. The van der Waals surface area contributed by atoms with Crippen LogP contribution in [0.2, 0.25) is 0 Å². The van der Waals surface area contributed by atoms with Gasteiger partial charge in [0.1, 0.15) is 4.90 Å². The lowest BCUT2D eigenvalue weighted by atomic mass is 10.0. The minimum Gasteiger partial charge on any atom is -0.356 e. The second-order valence-corrected chi connectivity index (χ2v) is 9.26. The van der Waals surface area contributed by atoms with E-state index in [-0.39, 0.29) is 29.7 Å². The van der Waals surface area contributed by atoms with Crippen LogP contribution in [-0.4, -0.2) is 49.8 Å². The molecule has 0 aliphatic carbocycles. The van der Waals surface area contributed by atoms with E-state index in [4.69, 9.17) is 0 Å². The molecule has 0 radical (unpaired) electrons. The molecular weight excluding hydrogens is 416 g/mol. The summed E-state index contributed by atoms with van der Waals surface area (Å²) in [5, 5.41) is 2.92. The fourth-order valence-electron chi connectivity index (χ4n) is 3.62. The minimum atomic E-state index is -3.86. The largest absolute Gasteiger partial charge is 0.356 e. The van der Waals surface area contributed by atoms with Crippen LogP contribution >= 0.6 is 0 Å². The van der Waals surface area contributed by atoms with Gasteiger partial charge in [-0.05, 0) is 30.5 Å². The molecule has 1 saturated heterocycles. The molecule has 1 aliphatic rings. The first-order valence-electron chi connectivity index (χ1n) is 10.5. The zero-order chi connectivity index (χ0) is 22.1. The normalized spacial score (nSPS) is 18.6. The molecule has 1 aromatic carbocycles. The summed E-state index contributed by atoms with van der Waals surface area (Å²) in [5.41, 5.74) is 0.848. The number of benzene rings is 1. The molecule has 0 saturated carbocycles. The summed E-state index contributed by atoms with van der Waals surface area (Å²) < 4.78 is 27.4. The standard InChI is InChI=1S/C22H28N4O4S/c27-21-15-20(18-9-4-3-5-10-18)26(14-7-2-1-6-13-24-21)22(28)17-25-31(29,30)19-11-8-12-23-16-19/h3-5,8-12,16,20,25H,1-2,6-7,13-15,17H2,(H,24,27). The summed E-state index contributed by atoms with van der Waals surface area (Å²) in [4.78, 5) is 31.1. The number of sulfonamides is 1. The third kappa shape index (κ3) is 6.60. The van der Waals surface area contributed by atoms with Crippen LogP contribution in [0.4, 0.5) is 0 Å². The Balaban J connectivity index is 1.81. The van der Waals surface area contributed by atoms with Gasteiger partial charge in [0, 0.05) is 25.5 Å². The van der Waals surface area contributed by atoms with Crippen molar-refractivity contribution >= 4 is 21.8 Å². The summed E-state index contributed by atoms with van der Waals surface area (Å²) in [6.45, 7) is 0.696. The van der Waals surface area contributed by atoms with Crippen LogP contribution in [0.3, 0.4) is 0 Å². The predicted octanol–water partition coefficient (Wildman–Crippen LogP) is 2.01. The van der Waals surface area contributed by atoms with E-state index in [2.05, 4.69) is 15.0 Å². The molecule has 1 atom stereocenters. The van der Waals surface area contributed by atoms with Gasteiger partial charge in [-0.3, -0.25) is 14.6 Å². The number of nitrogens with one attached hydrogen (secondary N) is 2. The van der Waals surface area contributed by atoms with Crippen molar-refractivity contribution in [2.75, 3.05) is 19.6 Å². The fourth-order valence-corrected chi connectivity index (χ4v) is 4.56. The highest BCUT2D eigenvalue weighted by atomic mass is 32.2. The fraction of sp³-hybridized carbons (Fsp3) is 0.409. The molecule has 1 aromatic heterocycles. The number of hydrogen-bond acceptors (Lipinski definition) is 5. The number of hydrogen-bond donors (Lipinski definition) is 2. The molecule has 0 bridgehead atoms. The lowest BCUT2D eigenvalue weighted by Gasteiger charge is -2.32. The zero-order valence-corrected chi connectivity index (χ0v) is 18.2. The third-order valence-electron chi connectivity index (χ3n) is 5.27. The molecule has 3 rings (SSSR count). The van der Waals surface area contributed by atoms with Crippen molar-refractivity contribution in [3.05, 3.63) is 60.4 Å². The van der Waals surface area contributed by atoms with Crippen molar-refractivity contribution in [1.29, 1.82) is 0 Å². The van der Waals surface area contributed by atoms with Gasteiger partial charge in [-0.25, -0.2) is 13.1 Å². The highest BCUT2D eigenvalue weighted by Crippen LogP contribution is 2.26. The Morgan fingerprint density at radius 1 is 1.10 bits per heavy atom. The van der Waals surface area contributed by atoms with Gasteiger partial charge >= 0.3 is 0 Å². The number of rotatable bonds is 5. The molecule has 2 aromatic rings. The van der Waals surface area contributed by atoms with Crippen LogP contribution in [0, 0.1) is 0 Å². The van der Waals surface area contributed by atoms with Gasteiger partial charge in [0.15, 0.2) is 0 Å². The third-order valence-corrected chi connectivity index (χ3v) is 6.65. The first-order valence-corrected chi connectivity index (χ1v) is 12.0. The molecule has 2 heterocycles. The average molecular weight is 445 g/mol. The molecular formula is C22H28N4O4S. The van der Waals surface area contributed by atoms with Gasteiger partial charge in [-0.2, -0.15) is 0 Å². The Hall–Kier alpha value is -2.78. The maximum atomic E-state index is 13.2. The van der Waals surface area contributed by atoms with Gasteiger partial charge in [0.25, 0.3) is 0 Å². The van der Waals surface area contributed by atoms with E-state index in [0.29, 0.717) is 13.1 Å². The van der Waals surface area contributed by atoms with Gasteiger partial charge in [-0.1, -0.05) is 43.2 Å². The molecule has 9 heteroatoms. The van der Waals surface area contributed by atoms with Crippen molar-refractivity contribution < 1.29 is 18.0 Å². The maximum Gasteiger partial charge on any atom is 0.242 e. The van der Waals surface area contributed by atoms with E-state index in [9.17, 15) is 18.0 Å². The number of carbonyl (C=O) groups excluding carboxylic acids is 2. The van der Waals surface area contributed by atoms with Crippen LogP contribution in [0.25, 0.3) is 0 Å². The average Bonchev–Trinajstić information content (AvgIpc) is 2.83. The van der Waals surface area contributed by atoms with Crippen molar-refractivity contribution in [3.63, 3.8) is 0 Å². The molecule has 1 fully saturated rings. The van der Waals surface area contributed by atoms with Crippen molar-refractivity contribution in [2.45, 2.75) is 43.0 Å². The summed E-state index contributed by atoms with van der Waals surface area (Å²) in [6.07, 6.45) is 6.43. The molecule has 31 heavy (non-hydrogen) atoms. The van der Waals surface area contributed by atoms with E-state index in [1.165, 1.54) is 24.5 Å². The number of nitrogens with zero attached hydrogens (tertiary/aromatic N) is 2. The molecule has 0 spiro atoms. The topological polar surface area (TPSA) is 108 Å². The van der Waals surface area contributed by atoms with Crippen LogP contribution in [0.1, 0.15) is 43.7 Å². The van der Waals surface area contributed by atoms with Crippen molar-refractivity contribution in [1.82, 2.24) is 19.9 Å². The molecule has 8 nitrogen and oxygen atoms in total. The highest BCUT2D eigenvalue weighted by molar-refractivity contribution is 7.89. The number of pyridine rings is 1.